The summed E-state index contributed by atoms with van der Waals surface area (Å²) in [6.45, 7) is 1.52. The summed E-state index contributed by atoms with van der Waals surface area (Å²) in [6, 6.07) is 0. The Bertz CT molecular complexity index is 260. The minimum atomic E-state index is 0.0394. The van der Waals surface area contributed by atoms with Gasteiger partial charge in [-0.1, -0.05) is 6.42 Å². The summed E-state index contributed by atoms with van der Waals surface area (Å²) < 4.78 is 11.0. The van der Waals surface area contributed by atoms with Gasteiger partial charge in [-0.15, -0.1) is 0 Å². The van der Waals surface area contributed by atoms with Gasteiger partial charge >= 0.3 is 0 Å². The van der Waals surface area contributed by atoms with Crippen molar-refractivity contribution >= 4 is 5.71 Å². The predicted octanol–water partition coefficient (Wildman–Crippen LogP) is 2.25. The molecule has 1 saturated heterocycles. The van der Waals surface area contributed by atoms with Crippen LogP contribution >= 0.6 is 0 Å². The Morgan fingerprint density at radius 1 is 1.18 bits per heavy atom. The molecular formula is C13H24N2O2. The number of hydrazone groups is 1. The van der Waals surface area contributed by atoms with E-state index in [2.05, 4.69) is 5.10 Å². The number of nitrogens with zero attached hydrogens (tertiary/aromatic N) is 2. The van der Waals surface area contributed by atoms with Crippen LogP contribution in [0.3, 0.4) is 0 Å². The molecule has 0 aromatic carbocycles. The monoisotopic (exact) mass is 240 g/mol. The molecule has 2 aliphatic rings. The van der Waals surface area contributed by atoms with Crippen LogP contribution in [0.2, 0.25) is 0 Å². The highest BCUT2D eigenvalue weighted by Crippen LogP contribution is 2.27. The van der Waals surface area contributed by atoms with E-state index < -0.39 is 0 Å². The molecule has 0 N–H and O–H groups in total. The summed E-state index contributed by atoms with van der Waals surface area (Å²) in [5, 5.41) is 6.56. The van der Waals surface area contributed by atoms with E-state index in [9.17, 15) is 0 Å². The van der Waals surface area contributed by atoms with Crippen molar-refractivity contribution in [3.05, 3.63) is 0 Å². The topological polar surface area (TPSA) is 34.1 Å². The van der Waals surface area contributed by atoms with Crippen LogP contribution in [0.25, 0.3) is 0 Å². The number of hydrogen-bond donors (Lipinski definition) is 0. The first-order chi connectivity index (χ1) is 8.25. The lowest BCUT2D eigenvalue weighted by atomic mass is 9.84. The quantitative estimate of drug-likeness (QED) is 0.707. The summed E-state index contributed by atoms with van der Waals surface area (Å²) in [4.78, 5) is 0. The van der Waals surface area contributed by atoms with Crippen LogP contribution in [-0.2, 0) is 9.47 Å². The molecule has 2 fully saturated rings. The molecule has 1 aliphatic carbocycles. The third-order valence-electron chi connectivity index (χ3n) is 3.48. The molecule has 1 atom stereocenters. The van der Waals surface area contributed by atoms with E-state index in [1.165, 1.54) is 25.0 Å². The Hall–Kier alpha value is -0.610. The molecule has 1 saturated carbocycles. The van der Waals surface area contributed by atoms with E-state index >= 15 is 0 Å². The van der Waals surface area contributed by atoms with Gasteiger partial charge < -0.3 is 14.5 Å². The van der Waals surface area contributed by atoms with Crippen molar-refractivity contribution in [2.24, 2.45) is 11.0 Å². The minimum Gasteiger partial charge on any atom is -0.350 e. The lowest BCUT2D eigenvalue weighted by Crippen LogP contribution is -2.24. The van der Waals surface area contributed by atoms with Gasteiger partial charge in [0.25, 0.3) is 0 Å². The van der Waals surface area contributed by atoms with Gasteiger partial charge in [-0.05, 0) is 38.0 Å². The summed E-state index contributed by atoms with van der Waals surface area (Å²) >= 11 is 0. The highest BCUT2D eigenvalue weighted by Gasteiger charge is 2.24. The number of ether oxygens (including phenoxy) is 2. The third kappa shape index (κ3) is 3.96. The summed E-state index contributed by atoms with van der Waals surface area (Å²) in [5.41, 5.74) is 1.37. The van der Waals surface area contributed by atoms with Gasteiger partial charge in [0.2, 0.25) is 0 Å². The van der Waals surface area contributed by atoms with E-state index in [0.29, 0.717) is 5.92 Å². The van der Waals surface area contributed by atoms with Gasteiger partial charge in [-0.3, -0.25) is 0 Å². The maximum absolute atomic E-state index is 5.49. The van der Waals surface area contributed by atoms with Gasteiger partial charge in [0.05, 0.1) is 13.2 Å². The molecule has 1 heterocycles. The fourth-order valence-electron chi connectivity index (χ4n) is 2.68. The molecular weight excluding hydrogens is 216 g/mol. The average molecular weight is 240 g/mol. The van der Waals surface area contributed by atoms with E-state index in [1.54, 1.807) is 0 Å². The number of hydrogen-bond acceptors (Lipinski definition) is 4. The Morgan fingerprint density at radius 2 is 1.94 bits per heavy atom. The van der Waals surface area contributed by atoms with Crippen molar-refractivity contribution < 1.29 is 9.47 Å². The van der Waals surface area contributed by atoms with Crippen LogP contribution in [0.5, 0.6) is 0 Å². The summed E-state index contributed by atoms with van der Waals surface area (Å²) in [6.07, 6.45) is 7.27. The van der Waals surface area contributed by atoms with Gasteiger partial charge in [-0.2, -0.15) is 5.10 Å². The Kier molecular flexibility index (Phi) is 4.80. The fourth-order valence-corrected chi connectivity index (χ4v) is 2.68. The zero-order valence-electron chi connectivity index (χ0n) is 11.0. The van der Waals surface area contributed by atoms with Gasteiger partial charge in [0, 0.05) is 19.8 Å². The smallest absolute Gasteiger partial charge is 0.157 e. The Balaban J connectivity index is 1.83. The largest absolute Gasteiger partial charge is 0.350 e. The van der Waals surface area contributed by atoms with E-state index in [0.717, 1.165) is 32.5 Å². The van der Waals surface area contributed by atoms with Crippen molar-refractivity contribution in [1.29, 1.82) is 0 Å². The number of rotatable bonds is 4. The first-order valence-corrected chi connectivity index (χ1v) is 6.73. The normalized spacial score (nSPS) is 28.8. The molecule has 0 spiro atoms. The van der Waals surface area contributed by atoms with Crippen LogP contribution in [0.1, 0.15) is 38.5 Å². The second-order valence-corrected chi connectivity index (χ2v) is 5.13. The van der Waals surface area contributed by atoms with Crippen LogP contribution in [0.15, 0.2) is 5.10 Å². The van der Waals surface area contributed by atoms with E-state index in [-0.39, 0.29) is 6.29 Å². The molecule has 1 unspecified atom stereocenters. The van der Waals surface area contributed by atoms with E-state index in [1.807, 2.05) is 19.1 Å². The SMILES string of the molecule is CN(C)/N=C1/CCCCC1CCC1OCCO1. The van der Waals surface area contributed by atoms with Crippen molar-refractivity contribution in [3.63, 3.8) is 0 Å². The lowest BCUT2D eigenvalue weighted by molar-refractivity contribution is -0.0492. The van der Waals surface area contributed by atoms with Crippen molar-refractivity contribution in [2.45, 2.75) is 44.8 Å². The second-order valence-electron chi connectivity index (χ2n) is 5.13. The highest BCUT2D eigenvalue weighted by molar-refractivity contribution is 5.87. The molecule has 0 bridgehead atoms. The first-order valence-electron chi connectivity index (χ1n) is 6.73. The molecule has 4 nitrogen and oxygen atoms in total. The molecule has 2 rings (SSSR count). The van der Waals surface area contributed by atoms with Crippen molar-refractivity contribution in [2.75, 3.05) is 27.3 Å². The minimum absolute atomic E-state index is 0.0394. The molecule has 4 heteroatoms. The van der Waals surface area contributed by atoms with Gasteiger partial charge in [0.1, 0.15) is 0 Å². The zero-order valence-corrected chi connectivity index (χ0v) is 11.0. The van der Waals surface area contributed by atoms with Crippen LogP contribution < -0.4 is 0 Å². The zero-order chi connectivity index (χ0) is 12.1. The molecule has 98 valence electrons. The molecule has 0 aromatic rings. The van der Waals surface area contributed by atoms with E-state index in [4.69, 9.17) is 9.47 Å². The maximum atomic E-state index is 5.49. The lowest BCUT2D eigenvalue weighted by Gasteiger charge is -2.26. The van der Waals surface area contributed by atoms with Gasteiger partial charge in [0.15, 0.2) is 6.29 Å². The maximum Gasteiger partial charge on any atom is 0.157 e. The Morgan fingerprint density at radius 3 is 2.65 bits per heavy atom. The summed E-state index contributed by atoms with van der Waals surface area (Å²) in [7, 11) is 4.00. The third-order valence-corrected chi connectivity index (χ3v) is 3.48. The summed E-state index contributed by atoms with van der Waals surface area (Å²) in [5.74, 6) is 0.638. The average Bonchev–Trinajstić information content (AvgIpc) is 2.80. The molecule has 1 aliphatic heterocycles. The molecule has 0 aromatic heterocycles. The molecule has 17 heavy (non-hydrogen) atoms. The fraction of sp³-hybridized carbons (Fsp3) is 0.923. The van der Waals surface area contributed by atoms with Gasteiger partial charge in [-0.25, -0.2) is 0 Å². The predicted molar refractivity (Wildman–Crippen MR) is 68.0 cm³/mol. The van der Waals surface area contributed by atoms with Crippen LogP contribution in [-0.4, -0.2) is 44.3 Å². The second kappa shape index (κ2) is 6.36. The van der Waals surface area contributed by atoms with Crippen LogP contribution in [0.4, 0.5) is 0 Å². The molecule has 0 radical (unpaired) electrons. The van der Waals surface area contributed by atoms with Crippen molar-refractivity contribution in [1.82, 2.24) is 5.01 Å². The first kappa shape index (κ1) is 12.8. The van der Waals surface area contributed by atoms with Crippen molar-refractivity contribution in [3.8, 4) is 0 Å². The van der Waals surface area contributed by atoms with Crippen LogP contribution in [0, 0.1) is 5.92 Å². The Labute approximate surface area is 104 Å². The molecule has 0 amide bonds. The highest BCUT2D eigenvalue weighted by atomic mass is 16.7. The standard InChI is InChI=1S/C13H24N2O2/c1-15(2)14-12-6-4-3-5-11(12)7-8-13-16-9-10-17-13/h11,13H,3-10H2,1-2H3/b14-12-.